The molecule has 0 fully saturated rings. The van der Waals surface area contributed by atoms with Gasteiger partial charge in [0.2, 0.25) is 5.90 Å². The van der Waals surface area contributed by atoms with Gasteiger partial charge in [-0.2, -0.15) is 0 Å². The van der Waals surface area contributed by atoms with E-state index in [1.54, 1.807) is 36.4 Å². The second-order valence-corrected chi connectivity index (χ2v) is 7.84. The van der Waals surface area contributed by atoms with Crippen molar-refractivity contribution in [2.45, 2.75) is 6.61 Å². The molecule has 4 rings (SSSR count). The Balaban J connectivity index is 1.56. The lowest BCUT2D eigenvalue weighted by Gasteiger charge is -2.09. The Morgan fingerprint density at radius 3 is 2.61 bits per heavy atom. The minimum absolute atomic E-state index is 0.00247. The summed E-state index contributed by atoms with van der Waals surface area (Å²) in [5.41, 5.74) is 2.19. The minimum atomic E-state index is -0.540. The number of rotatable bonds is 6. The molecule has 0 saturated carbocycles. The number of hydrogen-bond acceptors (Lipinski definition) is 6. The molecule has 0 spiro atoms. The van der Waals surface area contributed by atoms with Crippen LogP contribution < -0.4 is 4.74 Å². The van der Waals surface area contributed by atoms with Gasteiger partial charge >= 0.3 is 5.97 Å². The van der Waals surface area contributed by atoms with Gasteiger partial charge in [0.25, 0.3) is 5.69 Å². The molecule has 154 valence electrons. The second-order valence-electron chi connectivity index (χ2n) is 6.60. The lowest BCUT2D eigenvalue weighted by Crippen LogP contribution is -2.05. The third-order valence-electron chi connectivity index (χ3n) is 4.44. The van der Waals surface area contributed by atoms with Crippen molar-refractivity contribution in [3.63, 3.8) is 0 Å². The molecule has 0 unspecified atom stereocenters. The van der Waals surface area contributed by atoms with Gasteiger partial charge in [0.15, 0.2) is 5.70 Å². The Labute approximate surface area is 191 Å². The van der Waals surface area contributed by atoms with Gasteiger partial charge < -0.3 is 9.47 Å². The first kappa shape index (κ1) is 20.7. The fourth-order valence-electron chi connectivity index (χ4n) is 2.92. The largest absolute Gasteiger partial charge is 0.488 e. The maximum absolute atomic E-state index is 12.3. The molecular formula is C23H15IN2O5. The van der Waals surface area contributed by atoms with Crippen LogP contribution in [-0.4, -0.2) is 16.8 Å². The number of nitrogens with zero attached hydrogens (tertiary/aromatic N) is 2. The van der Waals surface area contributed by atoms with Gasteiger partial charge in [0.05, 0.1) is 4.92 Å². The standard InChI is InChI=1S/C23H15IN2O5/c24-18-10-8-16(9-11-18)22-25-20(23(27)31-22)13-17-5-1-2-7-21(17)30-14-15-4-3-6-19(12-15)26(28)29/h1-13H,14H2/b20-13-. The molecule has 8 heteroatoms. The third kappa shape index (κ3) is 4.97. The van der Waals surface area contributed by atoms with Gasteiger partial charge in [-0.3, -0.25) is 10.1 Å². The highest BCUT2D eigenvalue weighted by Crippen LogP contribution is 2.26. The van der Waals surface area contributed by atoms with Gasteiger partial charge in [0.1, 0.15) is 12.4 Å². The highest BCUT2D eigenvalue weighted by atomic mass is 127. The molecule has 1 aliphatic rings. The van der Waals surface area contributed by atoms with E-state index in [0.29, 0.717) is 22.4 Å². The number of para-hydroxylation sites is 1. The van der Waals surface area contributed by atoms with Gasteiger partial charge in [-0.15, -0.1) is 0 Å². The van der Waals surface area contributed by atoms with Crippen LogP contribution in [0.2, 0.25) is 0 Å². The normalized spacial score (nSPS) is 14.3. The molecule has 0 aliphatic carbocycles. The van der Waals surface area contributed by atoms with E-state index in [4.69, 9.17) is 9.47 Å². The molecule has 0 radical (unpaired) electrons. The molecule has 31 heavy (non-hydrogen) atoms. The quantitative estimate of drug-likeness (QED) is 0.146. The van der Waals surface area contributed by atoms with Crippen LogP contribution in [-0.2, 0) is 16.1 Å². The summed E-state index contributed by atoms with van der Waals surface area (Å²) in [6.45, 7) is 0.142. The summed E-state index contributed by atoms with van der Waals surface area (Å²) in [7, 11) is 0. The number of halogens is 1. The predicted octanol–water partition coefficient (Wildman–Crippen LogP) is 5.12. The van der Waals surface area contributed by atoms with Crippen molar-refractivity contribution in [3.8, 4) is 5.75 Å². The lowest BCUT2D eigenvalue weighted by atomic mass is 10.1. The zero-order valence-electron chi connectivity index (χ0n) is 16.0. The number of aliphatic imine (C=N–C) groups is 1. The van der Waals surface area contributed by atoms with E-state index in [9.17, 15) is 14.9 Å². The molecule has 0 bridgehead atoms. The number of benzene rings is 3. The number of nitro groups is 1. The molecule has 1 aliphatic heterocycles. The van der Waals surface area contributed by atoms with Crippen molar-refractivity contribution in [2.75, 3.05) is 0 Å². The molecule has 0 saturated heterocycles. The molecule has 0 amide bonds. The first-order valence-electron chi connectivity index (χ1n) is 9.23. The molecule has 0 atom stereocenters. The number of cyclic esters (lactones) is 1. The van der Waals surface area contributed by atoms with Crippen LogP contribution in [0.1, 0.15) is 16.7 Å². The summed E-state index contributed by atoms with van der Waals surface area (Å²) in [5.74, 6) is 0.233. The summed E-state index contributed by atoms with van der Waals surface area (Å²) in [6.07, 6.45) is 1.60. The molecule has 3 aromatic rings. The van der Waals surface area contributed by atoms with Crippen molar-refractivity contribution >= 4 is 46.2 Å². The number of non-ortho nitro benzene ring substituents is 1. The zero-order valence-corrected chi connectivity index (χ0v) is 18.2. The topological polar surface area (TPSA) is 91.0 Å². The Morgan fingerprint density at radius 2 is 1.84 bits per heavy atom. The van der Waals surface area contributed by atoms with Gasteiger partial charge in [0, 0.05) is 26.8 Å². The van der Waals surface area contributed by atoms with E-state index in [1.165, 1.54) is 12.1 Å². The Bertz CT molecular complexity index is 1220. The Kier molecular flexibility index (Phi) is 6.08. The van der Waals surface area contributed by atoms with Crippen LogP contribution in [0.25, 0.3) is 6.08 Å². The molecular weight excluding hydrogens is 511 g/mol. The van der Waals surface area contributed by atoms with Crippen LogP contribution in [0.5, 0.6) is 5.75 Å². The van der Waals surface area contributed by atoms with Crippen molar-refractivity contribution in [1.29, 1.82) is 0 Å². The van der Waals surface area contributed by atoms with Gasteiger partial charge in [-0.05, 0) is 64.6 Å². The van der Waals surface area contributed by atoms with Crippen molar-refractivity contribution < 1.29 is 19.2 Å². The summed E-state index contributed by atoms with van der Waals surface area (Å²) in [6, 6.07) is 20.9. The zero-order chi connectivity index (χ0) is 21.8. The number of hydrogen-bond donors (Lipinski definition) is 0. The summed E-state index contributed by atoms with van der Waals surface area (Å²) in [4.78, 5) is 27.1. The molecule has 0 N–H and O–H groups in total. The average molecular weight is 526 g/mol. The lowest BCUT2D eigenvalue weighted by molar-refractivity contribution is -0.384. The summed E-state index contributed by atoms with van der Waals surface area (Å²) < 4.78 is 12.2. The summed E-state index contributed by atoms with van der Waals surface area (Å²) >= 11 is 2.20. The van der Waals surface area contributed by atoms with E-state index in [-0.39, 0.29) is 23.9 Å². The average Bonchev–Trinajstić information content (AvgIpc) is 3.14. The Morgan fingerprint density at radius 1 is 1.06 bits per heavy atom. The number of carbonyl (C=O) groups is 1. The van der Waals surface area contributed by atoms with Crippen LogP contribution in [0.4, 0.5) is 5.69 Å². The van der Waals surface area contributed by atoms with Crippen molar-refractivity contribution in [1.82, 2.24) is 0 Å². The number of ether oxygens (including phenoxy) is 2. The van der Waals surface area contributed by atoms with Crippen LogP contribution in [0, 0.1) is 13.7 Å². The molecule has 1 heterocycles. The van der Waals surface area contributed by atoms with E-state index >= 15 is 0 Å². The first-order chi connectivity index (χ1) is 15.0. The number of nitro benzene ring substituents is 1. The van der Waals surface area contributed by atoms with Gasteiger partial charge in [-0.25, -0.2) is 9.79 Å². The third-order valence-corrected chi connectivity index (χ3v) is 5.16. The first-order valence-corrected chi connectivity index (χ1v) is 10.3. The second kappa shape index (κ2) is 9.09. The smallest absolute Gasteiger partial charge is 0.363 e. The number of esters is 1. The molecule has 3 aromatic carbocycles. The Hall–Kier alpha value is -3.53. The number of carbonyl (C=O) groups excluding carboxylic acids is 1. The van der Waals surface area contributed by atoms with Crippen molar-refractivity contribution in [3.05, 3.63) is 109 Å². The van der Waals surface area contributed by atoms with E-state index in [1.807, 2.05) is 30.3 Å². The van der Waals surface area contributed by atoms with Gasteiger partial charge in [-0.1, -0.05) is 30.3 Å². The van der Waals surface area contributed by atoms with Crippen molar-refractivity contribution in [2.24, 2.45) is 4.99 Å². The fourth-order valence-corrected chi connectivity index (χ4v) is 3.28. The minimum Gasteiger partial charge on any atom is -0.488 e. The van der Waals surface area contributed by atoms with E-state index < -0.39 is 10.9 Å². The fraction of sp³-hybridized carbons (Fsp3) is 0.0435. The van der Waals surface area contributed by atoms with E-state index in [2.05, 4.69) is 27.6 Å². The van der Waals surface area contributed by atoms with Crippen LogP contribution >= 0.6 is 22.6 Å². The maximum Gasteiger partial charge on any atom is 0.363 e. The van der Waals surface area contributed by atoms with Crippen LogP contribution in [0.15, 0.2) is 83.5 Å². The monoisotopic (exact) mass is 526 g/mol. The molecule has 0 aromatic heterocycles. The highest BCUT2D eigenvalue weighted by Gasteiger charge is 2.24. The highest BCUT2D eigenvalue weighted by molar-refractivity contribution is 14.1. The maximum atomic E-state index is 12.3. The van der Waals surface area contributed by atoms with E-state index in [0.717, 1.165) is 3.57 Å². The predicted molar refractivity (Wildman–Crippen MR) is 124 cm³/mol. The van der Waals surface area contributed by atoms with Crippen LogP contribution in [0.3, 0.4) is 0 Å². The SMILES string of the molecule is O=C1OC(c2ccc(I)cc2)=N/C1=C\c1ccccc1OCc1cccc([N+](=O)[O-])c1. The molecule has 7 nitrogen and oxygen atoms in total. The summed E-state index contributed by atoms with van der Waals surface area (Å²) in [5, 5.41) is 11.0.